The molecule has 0 unspecified atom stereocenters. The standard InChI is InChI=1S/C17H31F3N4O2S/c1-3-21-16(23-15-6-4-14(5-7-15)17(18,19)20)22-12-13-8-10-24(11-9-13)27(2,25)26/h13-15H,3-12H2,1-2H3,(H2,21,22,23). The first-order valence-corrected chi connectivity index (χ1v) is 11.5. The molecule has 0 spiro atoms. The number of guanidine groups is 1. The van der Waals surface area contributed by atoms with Gasteiger partial charge in [-0.25, -0.2) is 12.7 Å². The third-order valence-electron chi connectivity index (χ3n) is 5.43. The first-order valence-electron chi connectivity index (χ1n) is 9.66. The number of nitrogens with one attached hydrogen (secondary N) is 2. The maximum atomic E-state index is 12.8. The molecule has 1 saturated heterocycles. The summed E-state index contributed by atoms with van der Waals surface area (Å²) in [7, 11) is -3.13. The highest BCUT2D eigenvalue weighted by Crippen LogP contribution is 2.37. The Bertz CT molecular complexity index is 594. The maximum Gasteiger partial charge on any atom is 0.391 e. The van der Waals surface area contributed by atoms with Crippen LogP contribution in [0, 0.1) is 11.8 Å². The van der Waals surface area contributed by atoms with Crippen molar-refractivity contribution in [3.63, 3.8) is 0 Å². The molecule has 1 heterocycles. The van der Waals surface area contributed by atoms with E-state index in [-0.39, 0.29) is 18.9 Å². The molecule has 0 bridgehead atoms. The lowest BCUT2D eigenvalue weighted by atomic mass is 9.85. The number of rotatable bonds is 5. The van der Waals surface area contributed by atoms with E-state index in [9.17, 15) is 21.6 Å². The van der Waals surface area contributed by atoms with Crippen molar-refractivity contribution in [1.82, 2.24) is 14.9 Å². The molecule has 0 radical (unpaired) electrons. The van der Waals surface area contributed by atoms with Gasteiger partial charge in [0.25, 0.3) is 0 Å². The normalized spacial score (nSPS) is 26.8. The molecule has 1 aliphatic carbocycles. The molecule has 27 heavy (non-hydrogen) atoms. The maximum absolute atomic E-state index is 12.8. The fraction of sp³-hybridized carbons (Fsp3) is 0.941. The molecule has 10 heteroatoms. The zero-order valence-electron chi connectivity index (χ0n) is 16.1. The topological polar surface area (TPSA) is 73.8 Å². The molecule has 0 aromatic carbocycles. The number of piperidine rings is 1. The second kappa shape index (κ2) is 9.45. The van der Waals surface area contributed by atoms with E-state index < -0.39 is 22.1 Å². The second-order valence-corrected chi connectivity index (χ2v) is 9.54. The van der Waals surface area contributed by atoms with Crippen LogP contribution < -0.4 is 10.6 Å². The monoisotopic (exact) mass is 412 g/mol. The van der Waals surface area contributed by atoms with Gasteiger partial charge in [-0.2, -0.15) is 13.2 Å². The molecule has 158 valence electrons. The van der Waals surface area contributed by atoms with Crippen LogP contribution in [0.2, 0.25) is 0 Å². The van der Waals surface area contributed by atoms with Gasteiger partial charge in [-0.3, -0.25) is 4.99 Å². The number of hydrogen-bond donors (Lipinski definition) is 2. The minimum Gasteiger partial charge on any atom is -0.357 e. The lowest BCUT2D eigenvalue weighted by Crippen LogP contribution is -2.46. The van der Waals surface area contributed by atoms with Crippen LogP contribution in [-0.2, 0) is 10.0 Å². The van der Waals surface area contributed by atoms with Crippen LogP contribution in [0.3, 0.4) is 0 Å². The first-order chi connectivity index (χ1) is 12.6. The molecule has 0 aromatic rings. The SMILES string of the molecule is CCNC(=NCC1CCN(S(C)(=O)=O)CC1)NC1CCC(C(F)(F)F)CC1. The summed E-state index contributed by atoms with van der Waals surface area (Å²) < 4.78 is 63.0. The molecule has 2 rings (SSSR count). The summed E-state index contributed by atoms with van der Waals surface area (Å²) in [5.74, 6) is -0.229. The van der Waals surface area contributed by atoms with Crippen molar-refractivity contribution in [3.05, 3.63) is 0 Å². The summed E-state index contributed by atoms with van der Waals surface area (Å²) in [6.45, 7) is 4.25. The summed E-state index contributed by atoms with van der Waals surface area (Å²) in [5.41, 5.74) is 0. The Labute approximate surface area is 160 Å². The molecule has 0 amide bonds. The third kappa shape index (κ3) is 7.14. The minimum atomic E-state index is -4.09. The van der Waals surface area contributed by atoms with Gasteiger partial charge in [0.2, 0.25) is 10.0 Å². The van der Waals surface area contributed by atoms with Crippen molar-refractivity contribution >= 4 is 16.0 Å². The predicted molar refractivity (Wildman–Crippen MR) is 100 cm³/mol. The van der Waals surface area contributed by atoms with Crippen molar-refractivity contribution in [2.45, 2.75) is 57.7 Å². The number of nitrogens with zero attached hydrogens (tertiary/aromatic N) is 2. The average Bonchev–Trinajstić information content (AvgIpc) is 2.59. The van der Waals surface area contributed by atoms with E-state index in [0.29, 0.717) is 50.9 Å². The highest BCUT2D eigenvalue weighted by Gasteiger charge is 2.41. The molecule has 1 aliphatic heterocycles. The van der Waals surface area contributed by atoms with Crippen LogP contribution in [0.1, 0.15) is 45.4 Å². The Balaban J connectivity index is 1.81. The fourth-order valence-corrected chi connectivity index (χ4v) is 4.60. The highest BCUT2D eigenvalue weighted by atomic mass is 32.2. The summed E-state index contributed by atoms with van der Waals surface area (Å²) in [6, 6.07) is 0.00785. The lowest BCUT2D eigenvalue weighted by Gasteiger charge is -2.31. The minimum absolute atomic E-state index is 0.00785. The van der Waals surface area contributed by atoms with Gasteiger partial charge in [0, 0.05) is 32.2 Å². The number of sulfonamides is 1. The first kappa shape index (κ1) is 22.3. The van der Waals surface area contributed by atoms with Crippen molar-refractivity contribution < 1.29 is 21.6 Å². The third-order valence-corrected chi connectivity index (χ3v) is 6.73. The van der Waals surface area contributed by atoms with Crippen LogP contribution in [-0.4, -0.2) is 63.3 Å². The Morgan fingerprint density at radius 2 is 1.70 bits per heavy atom. The lowest BCUT2D eigenvalue weighted by molar-refractivity contribution is -0.182. The molecule has 2 fully saturated rings. The molecular weight excluding hydrogens is 381 g/mol. The predicted octanol–water partition coefficient (Wildman–Crippen LogP) is 2.33. The number of hydrogen-bond acceptors (Lipinski definition) is 3. The van der Waals surface area contributed by atoms with Crippen molar-refractivity contribution in [1.29, 1.82) is 0 Å². The zero-order chi connectivity index (χ0) is 20.1. The Hall–Kier alpha value is -1.03. The molecule has 0 aromatic heterocycles. The van der Waals surface area contributed by atoms with E-state index in [1.54, 1.807) is 0 Å². The van der Waals surface area contributed by atoms with Gasteiger partial charge in [-0.1, -0.05) is 0 Å². The quantitative estimate of drug-likeness (QED) is 0.537. The van der Waals surface area contributed by atoms with Crippen LogP contribution in [0.15, 0.2) is 4.99 Å². The van der Waals surface area contributed by atoms with E-state index in [1.165, 1.54) is 10.6 Å². The van der Waals surface area contributed by atoms with Gasteiger partial charge < -0.3 is 10.6 Å². The van der Waals surface area contributed by atoms with Crippen molar-refractivity contribution in [2.75, 3.05) is 32.4 Å². The van der Waals surface area contributed by atoms with Gasteiger partial charge in [0.05, 0.1) is 12.2 Å². The summed E-state index contributed by atoms with van der Waals surface area (Å²) in [5, 5.41) is 6.42. The van der Waals surface area contributed by atoms with Gasteiger partial charge in [0.1, 0.15) is 0 Å². The molecule has 6 nitrogen and oxygen atoms in total. The van der Waals surface area contributed by atoms with E-state index in [0.717, 1.165) is 12.8 Å². The van der Waals surface area contributed by atoms with Gasteiger partial charge in [-0.15, -0.1) is 0 Å². The van der Waals surface area contributed by atoms with Gasteiger partial charge in [-0.05, 0) is 51.4 Å². The largest absolute Gasteiger partial charge is 0.391 e. The van der Waals surface area contributed by atoms with Gasteiger partial charge >= 0.3 is 6.18 Å². The summed E-state index contributed by atoms with van der Waals surface area (Å²) in [4.78, 5) is 4.59. The van der Waals surface area contributed by atoms with E-state index in [2.05, 4.69) is 15.6 Å². The molecule has 1 saturated carbocycles. The van der Waals surface area contributed by atoms with Gasteiger partial charge in [0.15, 0.2) is 5.96 Å². The number of aliphatic imine (C=N–C) groups is 1. The van der Waals surface area contributed by atoms with E-state index in [1.807, 2.05) is 6.92 Å². The molecule has 0 atom stereocenters. The van der Waals surface area contributed by atoms with Crippen LogP contribution >= 0.6 is 0 Å². The summed E-state index contributed by atoms with van der Waals surface area (Å²) in [6.07, 6.45) is -0.0341. The van der Waals surface area contributed by atoms with Crippen LogP contribution in [0.25, 0.3) is 0 Å². The smallest absolute Gasteiger partial charge is 0.357 e. The average molecular weight is 413 g/mol. The summed E-state index contributed by atoms with van der Waals surface area (Å²) >= 11 is 0. The molecule has 2 aliphatic rings. The highest BCUT2D eigenvalue weighted by molar-refractivity contribution is 7.88. The number of halogens is 3. The van der Waals surface area contributed by atoms with Crippen molar-refractivity contribution in [2.24, 2.45) is 16.8 Å². The Kier molecular flexibility index (Phi) is 7.79. The second-order valence-electron chi connectivity index (χ2n) is 7.56. The van der Waals surface area contributed by atoms with E-state index >= 15 is 0 Å². The fourth-order valence-electron chi connectivity index (χ4n) is 3.72. The zero-order valence-corrected chi connectivity index (χ0v) is 16.9. The van der Waals surface area contributed by atoms with Crippen LogP contribution in [0.5, 0.6) is 0 Å². The van der Waals surface area contributed by atoms with Crippen LogP contribution in [0.4, 0.5) is 13.2 Å². The molecular formula is C17H31F3N4O2S. The van der Waals surface area contributed by atoms with Crippen molar-refractivity contribution in [3.8, 4) is 0 Å². The van der Waals surface area contributed by atoms with E-state index in [4.69, 9.17) is 0 Å². The molecule has 2 N–H and O–H groups in total. The number of alkyl halides is 3. The Morgan fingerprint density at radius 1 is 1.11 bits per heavy atom. The Morgan fingerprint density at radius 3 is 2.19 bits per heavy atom.